The maximum Gasteiger partial charge on any atom is 0.106 e. The molecule has 27 heavy (non-hydrogen) atoms. The lowest BCUT2D eigenvalue weighted by molar-refractivity contribution is 1.28. The Morgan fingerprint density at radius 1 is 0.593 bits per heavy atom. The smallest absolute Gasteiger partial charge is 0.106 e. The molecular formula is C23H14BrN3. The minimum Gasteiger partial charge on any atom is -0.255 e. The predicted octanol–water partition coefficient (Wildman–Crippen LogP) is 6.27. The fraction of sp³-hybridized carbons (Fsp3) is 0. The number of aromatic nitrogens is 3. The molecule has 3 aromatic heterocycles. The number of fused-ring (bicyclic) bond motifs is 2. The van der Waals surface area contributed by atoms with Crippen LogP contribution in [0.1, 0.15) is 0 Å². The Morgan fingerprint density at radius 3 is 2.00 bits per heavy atom. The van der Waals surface area contributed by atoms with Crippen LogP contribution in [0.4, 0.5) is 0 Å². The number of halogens is 1. The SMILES string of the molecule is Brc1ccc2cc(-c3ccc4nc(-c5ccccn5)ccc4c3)ccc2n1. The summed E-state index contributed by atoms with van der Waals surface area (Å²) in [5.74, 6) is 0. The number of pyridine rings is 3. The lowest BCUT2D eigenvalue weighted by Gasteiger charge is -2.07. The summed E-state index contributed by atoms with van der Waals surface area (Å²) in [6.45, 7) is 0. The molecule has 2 aromatic carbocycles. The van der Waals surface area contributed by atoms with E-state index in [-0.39, 0.29) is 0 Å². The third kappa shape index (κ3) is 3.09. The molecule has 128 valence electrons. The molecule has 0 aliphatic rings. The van der Waals surface area contributed by atoms with Crippen molar-refractivity contribution in [1.82, 2.24) is 15.0 Å². The second-order valence-electron chi connectivity index (χ2n) is 6.36. The zero-order valence-electron chi connectivity index (χ0n) is 14.3. The molecule has 0 spiro atoms. The van der Waals surface area contributed by atoms with E-state index in [1.165, 1.54) is 11.1 Å². The van der Waals surface area contributed by atoms with Gasteiger partial charge in [-0.25, -0.2) is 9.97 Å². The Balaban J connectivity index is 1.57. The van der Waals surface area contributed by atoms with Crippen LogP contribution in [0, 0.1) is 0 Å². The third-order valence-corrected chi connectivity index (χ3v) is 5.05. The summed E-state index contributed by atoms with van der Waals surface area (Å²) in [4.78, 5) is 13.6. The predicted molar refractivity (Wildman–Crippen MR) is 113 cm³/mol. The van der Waals surface area contributed by atoms with Gasteiger partial charge in [0.05, 0.1) is 22.4 Å². The average molecular weight is 412 g/mol. The summed E-state index contributed by atoms with van der Waals surface area (Å²) >= 11 is 3.42. The van der Waals surface area contributed by atoms with Crippen molar-refractivity contribution in [3.05, 3.63) is 89.7 Å². The molecule has 0 atom stereocenters. The van der Waals surface area contributed by atoms with Crippen molar-refractivity contribution in [3.8, 4) is 22.5 Å². The van der Waals surface area contributed by atoms with Crippen molar-refractivity contribution >= 4 is 37.7 Å². The number of hydrogen-bond acceptors (Lipinski definition) is 3. The van der Waals surface area contributed by atoms with Crippen molar-refractivity contribution in [2.75, 3.05) is 0 Å². The zero-order valence-corrected chi connectivity index (χ0v) is 15.9. The lowest BCUT2D eigenvalue weighted by atomic mass is 10.0. The first kappa shape index (κ1) is 16.1. The van der Waals surface area contributed by atoms with Gasteiger partial charge in [-0.15, -0.1) is 0 Å². The van der Waals surface area contributed by atoms with Gasteiger partial charge in [0.2, 0.25) is 0 Å². The van der Waals surface area contributed by atoms with Gasteiger partial charge in [0.1, 0.15) is 4.60 Å². The Bertz CT molecular complexity index is 1280. The Labute approximate surface area is 164 Å². The highest BCUT2D eigenvalue weighted by molar-refractivity contribution is 9.10. The second-order valence-corrected chi connectivity index (χ2v) is 7.17. The number of hydrogen-bond donors (Lipinski definition) is 0. The van der Waals surface area contributed by atoms with Crippen molar-refractivity contribution in [2.45, 2.75) is 0 Å². The standard InChI is InChI=1S/C23H14BrN3/c24-23-11-7-18-14-16(5-9-20(18)27-23)15-4-8-19-17(13-15)6-10-22(26-19)21-3-1-2-12-25-21/h1-14H. The molecule has 4 heteroatoms. The van der Waals surface area contributed by atoms with Gasteiger partial charge in [0.15, 0.2) is 0 Å². The molecule has 5 aromatic rings. The van der Waals surface area contributed by atoms with Crippen LogP contribution in [-0.2, 0) is 0 Å². The van der Waals surface area contributed by atoms with Crippen LogP contribution < -0.4 is 0 Å². The number of benzene rings is 2. The topological polar surface area (TPSA) is 38.7 Å². The molecule has 0 unspecified atom stereocenters. The monoisotopic (exact) mass is 411 g/mol. The maximum atomic E-state index is 4.76. The molecular weight excluding hydrogens is 398 g/mol. The highest BCUT2D eigenvalue weighted by Crippen LogP contribution is 2.28. The molecule has 3 heterocycles. The van der Waals surface area contributed by atoms with Gasteiger partial charge in [-0.1, -0.05) is 30.3 Å². The van der Waals surface area contributed by atoms with Crippen LogP contribution >= 0.6 is 15.9 Å². The van der Waals surface area contributed by atoms with E-state index >= 15 is 0 Å². The van der Waals surface area contributed by atoms with E-state index < -0.39 is 0 Å². The van der Waals surface area contributed by atoms with Gasteiger partial charge < -0.3 is 0 Å². The van der Waals surface area contributed by atoms with Crippen LogP contribution in [0.25, 0.3) is 44.3 Å². The summed E-state index contributed by atoms with van der Waals surface area (Å²) in [5.41, 5.74) is 6.06. The highest BCUT2D eigenvalue weighted by Gasteiger charge is 2.06. The third-order valence-electron chi connectivity index (χ3n) is 4.61. The molecule has 0 radical (unpaired) electrons. The lowest BCUT2D eigenvalue weighted by Crippen LogP contribution is -1.88. The minimum atomic E-state index is 0.850. The first-order chi connectivity index (χ1) is 13.3. The van der Waals surface area contributed by atoms with E-state index in [1.54, 1.807) is 6.20 Å². The average Bonchev–Trinajstić information content (AvgIpc) is 2.73. The van der Waals surface area contributed by atoms with Crippen LogP contribution in [0.5, 0.6) is 0 Å². The summed E-state index contributed by atoms with van der Waals surface area (Å²) in [5, 5.41) is 2.24. The van der Waals surface area contributed by atoms with Crippen LogP contribution in [0.15, 0.2) is 89.7 Å². The van der Waals surface area contributed by atoms with Crippen molar-refractivity contribution in [2.24, 2.45) is 0 Å². The van der Waals surface area contributed by atoms with Gasteiger partial charge >= 0.3 is 0 Å². The molecule has 0 aliphatic carbocycles. The van der Waals surface area contributed by atoms with Crippen molar-refractivity contribution in [1.29, 1.82) is 0 Å². The molecule has 0 aliphatic heterocycles. The molecule has 0 N–H and O–H groups in total. The molecule has 0 saturated carbocycles. The zero-order chi connectivity index (χ0) is 18.2. The Morgan fingerprint density at radius 2 is 1.30 bits per heavy atom. The quantitative estimate of drug-likeness (QED) is 0.321. The van der Waals surface area contributed by atoms with E-state index in [2.05, 4.69) is 74.4 Å². The Hall–Kier alpha value is -3.11. The molecule has 0 saturated heterocycles. The van der Waals surface area contributed by atoms with Crippen molar-refractivity contribution < 1.29 is 0 Å². The second kappa shape index (κ2) is 6.56. The van der Waals surface area contributed by atoms with E-state index in [4.69, 9.17) is 4.98 Å². The Kier molecular flexibility index (Phi) is 3.91. The highest BCUT2D eigenvalue weighted by atomic mass is 79.9. The fourth-order valence-corrected chi connectivity index (χ4v) is 3.57. The maximum absolute atomic E-state index is 4.76. The van der Waals surface area contributed by atoms with Gasteiger partial charge in [-0.3, -0.25) is 4.98 Å². The number of rotatable bonds is 2. The molecule has 0 fully saturated rings. The van der Waals surface area contributed by atoms with Crippen LogP contribution in [0.2, 0.25) is 0 Å². The first-order valence-electron chi connectivity index (χ1n) is 8.65. The summed E-state index contributed by atoms with van der Waals surface area (Å²) < 4.78 is 0.850. The van der Waals surface area contributed by atoms with Crippen molar-refractivity contribution in [3.63, 3.8) is 0 Å². The van der Waals surface area contributed by atoms with E-state index in [0.29, 0.717) is 0 Å². The van der Waals surface area contributed by atoms with Gasteiger partial charge in [0, 0.05) is 17.0 Å². The first-order valence-corrected chi connectivity index (χ1v) is 9.44. The molecule has 5 rings (SSSR count). The summed E-state index contributed by atoms with van der Waals surface area (Å²) in [6.07, 6.45) is 1.79. The van der Waals surface area contributed by atoms with Crippen LogP contribution in [0.3, 0.4) is 0 Å². The minimum absolute atomic E-state index is 0.850. The molecule has 3 nitrogen and oxygen atoms in total. The largest absolute Gasteiger partial charge is 0.255 e. The summed E-state index contributed by atoms with van der Waals surface area (Å²) in [6, 6.07) is 26.7. The van der Waals surface area contributed by atoms with Crippen LogP contribution in [-0.4, -0.2) is 15.0 Å². The van der Waals surface area contributed by atoms with E-state index in [9.17, 15) is 0 Å². The molecule has 0 amide bonds. The van der Waals surface area contributed by atoms with Gasteiger partial charge in [-0.2, -0.15) is 0 Å². The van der Waals surface area contributed by atoms with Gasteiger partial charge in [-0.05, 0) is 75.6 Å². The summed E-state index contributed by atoms with van der Waals surface area (Å²) in [7, 11) is 0. The van der Waals surface area contributed by atoms with E-state index in [0.717, 1.165) is 37.8 Å². The fourth-order valence-electron chi connectivity index (χ4n) is 3.24. The normalized spacial score (nSPS) is 11.1. The van der Waals surface area contributed by atoms with Gasteiger partial charge in [0.25, 0.3) is 0 Å². The molecule has 0 bridgehead atoms. The number of nitrogens with zero attached hydrogens (tertiary/aromatic N) is 3. The van der Waals surface area contributed by atoms with E-state index in [1.807, 2.05) is 30.3 Å².